The topological polar surface area (TPSA) is 0 Å². The summed E-state index contributed by atoms with van der Waals surface area (Å²) in [7, 11) is -1.14. The number of hydrogen-bond donors (Lipinski definition) is 0. The van der Waals surface area contributed by atoms with Gasteiger partial charge in [0.2, 0.25) is 0 Å². The van der Waals surface area contributed by atoms with Gasteiger partial charge in [0.1, 0.15) is 7.74 Å². The van der Waals surface area contributed by atoms with Crippen LogP contribution >= 0.6 is 28.7 Å². The lowest BCUT2D eigenvalue weighted by Gasteiger charge is -2.14. The number of rotatable bonds is 1. The smallest absolute Gasteiger partial charge is 0.0835 e. The lowest BCUT2D eigenvalue weighted by atomic mass is 11.8. The van der Waals surface area contributed by atoms with E-state index in [0.717, 1.165) is 0 Å². The minimum Gasteiger partial charge on any atom is -0.0835 e. The summed E-state index contributed by atoms with van der Waals surface area (Å²) in [6, 6.07) is 0. The highest BCUT2D eigenvalue weighted by atomic mass is 35.9. The fourth-order valence-corrected chi connectivity index (χ4v) is 0. The molecular weight excluding hydrogens is 166 g/mol. The van der Waals surface area contributed by atoms with Gasteiger partial charge in [-0.25, -0.2) is 0 Å². The predicted octanol–water partition coefficient (Wildman–Crippen LogP) is 3.61. The summed E-state index contributed by atoms with van der Waals surface area (Å²) in [4.78, 5) is 0. The SMILES string of the molecule is C[Si](C)(C)P(Cl)Cl. The third-order valence-corrected chi connectivity index (χ3v) is 13.7. The van der Waals surface area contributed by atoms with Crippen LogP contribution in [0.3, 0.4) is 0 Å². The number of hydrogen-bond acceptors (Lipinski definition) is 0. The Labute approximate surface area is 56.4 Å². The Morgan fingerprint density at radius 1 is 1.14 bits per heavy atom. The van der Waals surface area contributed by atoms with Gasteiger partial charge in [0.05, 0.1) is 6.17 Å². The highest BCUT2D eigenvalue weighted by molar-refractivity contribution is 8.26. The van der Waals surface area contributed by atoms with Crippen molar-refractivity contribution in [3.05, 3.63) is 0 Å². The van der Waals surface area contributed by atoms with Gasteiger partial charge in [-0.3, -0.25) is 0 Å². The monoisotopic (exact) mass is 174 g/mol. The second kappa shape index (κ2) is 2.68. The highest BCUT2D eigenvalue weighted by Crippen LogP contribution is 2.55. The Morgan fingerprint density at radius 3 is 1.29 bits per heavy atom. The molecule has 0 aliphatic rings. The molecule has 0 aliphatic heterocycles. The summed E-state index contributed by atoms with van der Waals surface area (Å²) < 4.78 is 0. The van der Waals surface area contributed by atoms with E-state index in [0.29, 0.717) is 0 Å². The molecule has 0 saturated carbocycles. The van der Waals surface area contributed by atoms with E-state index < -0.39 is 13.9 Å². The molecule has 0 spiro atoms. The van der Waals surface area contributed by atoms with Crippen molar-refractivity contribution in [1.29, 1.82) is 0 Å². The molecule has 0 aromatic carbocycles. The molecule has 0 N–H and O–H groups in total. The van der Waals surface area contributed by atoms with Gasteiger partial charge in [0.25, 0.3) is 0 Å². The third-order valence-electron chi connectivity index (χ3n) is 0.507. The lowest BCUT2D eigenvalue weighted by Crippen LogP contribution is -2.11. The average Bonchev–Trinajstić information content (AvgIpc) is 1.31. The van der Waals surface area contributed by atoms with E-state index in [1.807, 2.05) is 0 Å². The van der Waals surface area contributed by atoms with Gasteiger partial charge < -0.3 is 0 Å². The van der Waals surface area contributed by atoms with Crippen LogP contribution in [0, 0.1) is 0 Å². The van der Waals surface area contributed by atoms with Crippen LogP contribution in [-0.2, 0) is 0 Å². The molecule has 0 aromatic heterocycles. The van der Waals surface area contributed by atoms with E-state index >= 15 is 0 Å². The van der Waals surface area contributed by atoms with Gasteiger partial charge >= 0.3 is 0 Å². The maximum Gasteiger partial charge on any atom is 0.110 e. The summed E-state index contributed by atoms with van der Waals surface area (Å²) in [5.41, 5.74) is 0. The van der Waals surface area contributed by atoms with Crippen molar-refractivity contribution < 1.29 is 0 Å². The number of halogens is 2. The molecule has 0 heterocycles. The maximum atomic E-state index is 5.65. The molecule has 0 fully saturated rings. The highest BCUT2D eigenvalue weighted by Gasteiger charge is 2.21. The molecule has 0 amide bonds. The van der Waals surface area contributed by atoms with E-state index in [1.54, 1.807) is 0 Å². The normalized spacial score (nSPS) is 12.9. The van der Waals surface area contributed by atoms with Crippen molar-refractivity contribution in [1.82, 2.24) is 0 Å². The molecule has 0 bridgehead atoms. The largest absolute Gasteiger partial charge is 0.110 e. The summed E-state index contributed by atoms with van der Waals surface area (Å²) in [5.74, 6) is 0. The predicted molar refractivity (Wildman–Crippen MR) is 42.0 cm³/mol. The van der Waals surface area contributed by atoms with Gasteiger partial charge in [-0.1, -0.05) is 42.1 Å². The second-order valence-corrected chi connectivity index (χ2v) is 16.8. The first-order chi connectivity index (χ1) is 2.94. The van der Waals surface area contributed by atoms with Crippen molar-refractivity contribution in [3.8, 4) is 0 Å². The second-order valence-electron chi connectivity index (χ2n) is 2.40. The molecule has 0 atom stereocenters. The molecule has 44 valence electrons. The van der Waals surface area contributed by atoms with E-state index in [4.69, 9.17) is 22.5 Å². The van der Waals surface area contributed by atoms with Gasteiger partial charge in [-0.2, -0.15) is 0 Å². The van der Waals surface area contributed by atoms with Crippen LogP contribution in [-0.4, -0.2) is 7.74 Å². The molecular formula is C3H9Cl2PSi. The summed E-state index contributed by atoms with van der Waals surface area (Å²) in [5, 5.41) is 0. The summed E-state index contributed by atoms with van der Waals surface area (Å²) in [6.07, 6.45) is -0.658. The van der Waals surface area contributed by atoms with E-state index in [9.17, 15) is 0 Å². The van der Waals surface area contributed by atoms with Crippen LogP contribution in [0.15, 0.2) is 0 Å². The van der Waals surface area contributed by atoms with Crippen LogP contribution in [0.5, 0.6) is 0 Å². The molecule has 0 unspecified atom stereocenters. The minimum atomic E-state index is -1.14. The fraction of sp³-hybridized carbons (Fsp3) is 1.00. The first kappa shape index (κ1) is 8.23. The molecule has 0 nitrogen and oxygen atoms in total. The van der Waals surface area contributed by atoms with Gasteiger partial charge in [-0.05, 0) is 0 Å². The Bertz CT molecular complexity index is 58.4. The van der Waals surface area contributed by atoms with Crippen molar-refractivity contribution in [2.75, 3.05) is 0 Å². The van der Waals surface area contributed by atoms with Crippen LogP contribution in [0.4, 0.5) is 0 Å². The van der Waals surface area contributed by atoms with E-state index in [1.165, 1.54) is 0 Å². The molecule has 7 heavy (non-hydrogen) atoms. The van der Waals surface area contributed by atoms with Crippen LogP contribution in [0.25, 0.3) is 0 Å². The molecule has 0 saturated heterocycles. The average molecular weight is 175 g/mol. The zero-order valence-electron chi connectivity index (χ0n) is 4.70. The summed E-state index contributed by atoms with van der Waals surface area (Å²) >= 11 is 11.3. The molecule has 0 radical (unpaired) electrons. The van der Waals surface area contributed by atoms with Gasteiger partial charge in [0, 0.05) is 0 Å². The Hall–Kier alpha value is 1.23. The van der Waals surface area contributed by atoms with Crippen LogP contribution < -0.4 is 0 Å². The lowest BCUT2D eigenvalue weighted by molar-refractivity contribution is 1.88. The van der Waals surface area contributed by atoms with Gasteiger partial charge in [-0.15, -0.1) is 0 Å². The molecule has 0 aliphatic carbocycles. The van der Waals surface area contributed by atoms with Crippen LogP contribution in [0.1, 0.15) is 0 Å². The fourth-order valence-electron chi connectivity index (χ4n) is 0. The van der Waals surface area contributed by atoms with Gasteiger partial charge in [0.15, 0.2) is 0 Å². The minimum absolute atomic E-state index is 0.658. The first-order valence-electron chi connectivity index (χ1n) is 2.06. The van der Waals surface area contributed by atoms with Crippen molar-refractivity contribution in [2.24, 2.45) is 0 Å². The van der Waals surface area contributed by atoms with Crippen molar-refractivity contribution in [2.45, 2.75) is 19.6 Å². The molecule has 4 heteroatoms. The van der Waals surface area contributed by atoms with Crippen molar-refractivity contribution >= 4 is 36.4 Å². The molecule has 0 rings (SSSR count). The Balaban J connectivity index is 3.54. The quantitative estimate of drug-likeness (QED) is 0.421. The molecule has 0 aromatic rings. The maximum absolute atomic E-state index is 5.65. The Morgan fingerprint density at radius 2 is 1.29 bits per heavy atom. The van der Waals surface area contributed by atoms with Crippen molar-refractivity contribution in [3.63, 3.8) is 0 Å². The Kier molecular flexibility index (Phi) is 3.15. The van der Waals surface area contributed by atoms with Crippen LogP contribution in [0.2, 0.25) is 19.6 Å². The standard InChI is InChI=1S/C3H9Cl2PSi/c1-7(2,3)6(4)5/h1-3H3. The first-order valence-corrected chi connectivity index (χ1v) is 9.56. The third kappa shape index (κ3) is 3.78. The van der Waals surface area contributed by atoms with E-state index in [2.05, 4.69) is 19.6 Å². The van der Waals surface area contributed by atoms with E-state index in [-0.39, 0.29) is 0 Å². The summed E-state index contributed by atoms with van der Waals surface area (Å²) in [6.45, 7) is 6.50. The zero-order valence-corrected chi connectivity index (χ0v) is 8.11. The zero-order chi connectivity index (χ0) is 6.08.